The normalized spacial score (nSPS) is 0. The van der Waals surface area contributed by atoms with Crippen molar-refractivity contribution in [3.8, 4) is 0 Å². The molecule has 0 aromatic carbocycles. The van der Waals surface area contributed by atoms with Gasteiger partial charge in [0.2, 0.25) is 0 Å². The van der Waals surface area contributed by atoms with Gasteiger partial charge < -0.3 is 0 Å². The summed E-state index contributed by atoms with van der Waals surface area (Å²) >= 11 is 0. The second-order valence-electron chi connectivity index (χ2n) is 0. The van der Waals surface area contributed by atoms with Gasteiger partial charge in [-0.25, -0.2) is 0 Å². The van der Waals surface area contributed by atoms with E-state index >= 15 is 0 Å². The molecule has 0 amide bonds. The number of hydrogen-bond acceptors (Lipinski definition) is 0. The second-order valence-corrected chi connectivity index (χ2v) is 0. The van der Waals surface area contributed by atoms with Gasteiger partial charge in [0.05, 0.1) is 0 Å². The summed E-state index contributed by atoms with van der Waals surface area (Å²) in [6.07, 6.45) is 0. The van der Waals surface area contributed by atoms with Crippen LogP contribution in [0.3, 0.4) is 0 Å². The molecule has 0 saturated heterocycles. The fourth-order valence-corrected chi connectivity index (χ4v) is 0. The molecule has 0 aliphatic rings. The Morgan fingerprint density at radius 2 is 0.400 bits per heavy atom. The van der Waals surface area contributed by atoms with E-state index in [-0.39, 0.29) is 108 Å². The molecular formula is CeNi4. The van der Waals surface area contributed by atoms with E-state index in [9.17, 15) is 0 Å². The van der Waals surface area contributed by atoms with Crippen LogP contribution in [0, 0.1) is 41.7 Å². The minimum atomic E-state index is 0. The Morgan fingerprint density at radius 1 is 0.400 bits per heavy atom. The van der Waals surface area contributed by atoms with Gasteiger partial charge in [-0.3, -0.25) is 0 Å². The topological polar surface area (TPSA) is 0 Å². The molecule has 0 atom stereocenters. The predicted molar refractivity (Wildman–Crippen MR) is 0 cm³/mol. The third-order valence-corrected chi connectivity index (χ3v) is 0. The van der Waals surface area contributed by atoms with Gasteiger partial charge in [0.15, 0.2) is 0 Å². The van der Waals surface area contributed by atoms with Gasteiger partial charge >= 0.3 is 0 Å². The van der Waals surface area contributed by atoms with Gasteiger partial charge in [0.25, 0.3) is 0 Å². The SMILES string of the molecule is [Ce].[Ni].[Ni].[Ni].[Ni]. The van der Waals surface area contributed by atoms with Crippen LogP contribution < -0.4 is 0 Å². The molecule has 0 aromatic rings. The minimum absolute atomic E-state index is 0. The summed E-state index contributed by atoms with van der Waals surface area (Å²) in [7, 11) is 0. The van der Waals surface area contributed by atoms with E-state index in [1.54, 1.807) is 0 Å². The van der Waals surface area contributed by atoms with Crippen molar-refractivity contribution in [2.24, 2.45) is 0 Å². The molecule has 0 unspecified atom stereocenters. The van der Waals surface area contributed by atoms with Gasteiger partial charge in [-0.1, -0.05) is 0 Å². The third kappa shape index (κ3) is 18.7. The van der Waals surface area contributed by atoms with Crippen molar-refractivity contribution >= 4 is 0 Å². The first-order valence-corrected chi connectivity index (χ1v) is 0. The predicted octanol–water partition coefficient (Wildman–Crippen LogP) is -0.0100. The molecule has 0 nitrogen and oxygen atoms in total. The fourth-order valence-electron chi connectivity index (χ4n) is 0. The Hall–Kier alpha value is 3.35. The number of hydrogen-bond donors (Lipinski definition) is 0. The smallest absolute Gasteiger partial charge is 0 e. The summed E-state index contributed by atoms with van der Waals surface area (Å²) in [5.41, 5.74) is 0. The molecule has 0 saturated carbocycles. The Labute approximate surface area is 105 Å². The fraction of sp³-hybridized carbons (Fsp3) is 0. The zero-order valence-electron chi connectivity index (χ0n) is 1.76. The zero-order valence-corrected chi connectivity index (χ0v) is 8.86. The molecule has 0 heterocycles. The van der Waals surface area contributed by atoms with Crippen LogP contribution in [0.4, 0.5) is 0 Å². The maximum Gasteiger partial charge on any atom is 0 e. The molecule has 0 aliphatic heterocycles. The summed E-state index contributed by atoms with van der Waals surface area (Å²) in [5, 5.41) is 0. The minimum Gasteiger partial charge on any atom is 0 e. The largest absolute Gasteiger partial charge is 0 e. The first kappa shape index (κ1) is 40.2. The zero-order chi connectivity index (χ0) is 0. The molecule has 0 spiro atoms. The van der Waals surface area contributed by atoms with E-state index in [4.69, 9.17) is 0 Å². The molecule has 0 rings (SSSR count). The van der Waals surface area contributed by atoms with Gasteiger partial charge in [0.1, 0.15) is 0 Å². The van der Waals surface area contributed by atoms with Crippen LogP contribution in [0.25, 0.3) is 0 Å². The quantitative estimate of drug-likeness (QED) is 0.523. The summed E-state index contributed by atoms with van der Waals surface area (Å²) in [6.45, 7) is 0. The van der Waals surface area contributed by atoms with E-state index in [1.165, 1.54) is 0 Å². The number of rotatable bonds is 0. The molecule has 0 aliphatic carbocycles. The average Bonchev–Trinajstić information content (AvgIpc) is 0. The van der Waals surface area contributed by atoms with Crippen LogP contribution in [-0.2, 0) is 66.0 Å². The van der Waals surface area contributed by atoms with E-state index in [0.29, 0.717) is 0 Å². The molecule has 44 valence electrons. The molecule has 0 aromatic heterocycles. The van der Waals surface area contributed by atoms with Gasteiger partial charge in [-0.15, -0.1) is 0 Å². The molecule has 5 heavy (non-hydrogen) atoms. The average molecular weight is 375 g/mol. The van der Waals surface area contributed by atoms with E-state index in [0.717, 1.165) is 0 Å². The van der Waals surface area contributed by atoms with Crippen LogP contribution >= 0.6 is 0 Å². The van der Waals surface area contributed by atoms with E-state index in [2.05, 4.69) is 0 Å². The Kier molecular flexibility index (Phi) is 212. The Balaban J connectivity index is 0. The van der Waals surface area contributed by atoms with E-state index in [1.807, 2.05) is 0 Å². The van der Waals surface area contributed by atoms with Gasteiger partial charge in [-0.05, 0) is 0 Å². The first-order valence-electron chi connectivity index (χ1n) is 0. The van der Waals surface area contributed by atoms with Crippen LogP contribution in [0.15, 0.2) is 0 Å². The maximum atomic E-state index is 0. The molecule has 0 fully saturated rings. The van der Waals surface area contributed by atoms with Crippen molar-refractivity contribution in [3.63, 3.8) is 0 Å². The van der Waals surface area contributed by atoms with Crippen molar-refractivity contribution in [2.75, 3.05) is 0 Å². The van der Waals surface area contributed by atoms with Crippen LogP contribution in [0.2, 0.25) is 0 Å². The molecule has 0 radical (unpaired) electrons. The Bertz CT molecular complexity index is 3.61. The van der Waals surface area contributed by atoms with Crippen molar-refractivity contribution < 1.29 is 108 Å². The monoisotopic (exact) mass is 372 g/mol. The van der Waals surface area contributed by atoms with Crippen molar-refractivity contribution in [3.05, 3.63) is 0 Å². The van der Waals surface area contributed by atoms with E-state index < -0.39 is 0 Å². The summed E-state index contributed by atoms with van der Waals surface area (Å²) in [6, 6.07) is 0. The first-order chi connectivity index (χ1) is 0. The van der Waals surface area contributed by atoms with Crippen molar-refractivity contribution in [1.82, 2.24) is 0 Å². The third-order valence-electron chi connectivity index (χ3n) is 0. The van der Waals surface area contributed by atoms with Gasteiger partial charge in [0, 0.05) is 108 Å². The van der Waals surface area contributed by atoms with Crippen LogP contribution in [0.5, 0.6) is 0 Å². The molecule has 0 bridgehead atoms. The molecule has 5 heteroatoms. The van der Waals surface area contributed by atoms with Crippen LogP contribution in [-0.4, -0.2) is 0 Å². The van der Waals surface area contributed by atoms with Crippen molar-refractivity contribution in [2.45, 2.75) is 0 Å². The molecular weight excluding hydrogens is 375 g/mol. The summed E-state index contributed by atoms with van der Waals surface area (Å²) < 4.78 is 0. The van der Waals surface area contributed by atoms with Crippen LogP contribution in [0.1, 0.15) is 0 Å². The maximum absolute atomic E-state index is 0. The molecule has 0 N–H and O–H groups in total. The summed E-state index contributed by atoms with van der Waals surface area (Å²) in [4.78, 5) is 0. The summed E-state index contributed by atoms with van der Waals surface area (Å²) in [5.74, 6) is 0. The van der Waals surface area contributed by atoms with Crippen molar-refractivity contribution in [1.29, 1.82) is 0 Å². The second kappa shape index (κ2) is 26.4. The van der Waals surface area contributed by atoms with Gasteiger partial charge in [-0.2, -0.15) is 0 Å². The standard InChI is InChI=1S/Ce.4Ni. The Morgan fingerprint density at radius 3 is 0.400 bits per heavy atom.